The summed E-state index contributed by atoms with van der Waals surface area (Å²) in [6.07, 6.45) is 2.61. The maximum Gasteiger partial charge on any atom is 0.407 e. The molecule has 2 aromatic carbocycles. The number of carbonyl (C=O) groups excluding carboxylic acids is 1. The maximum atomic E-state index is 12.6. The first-order valence-corrected chi connectivity index (χ1v) is 11.3. The van der Waals surface area contributed by atoms with Crippen molar-refractivity contribution in [1.29, 1.82) is 0 Å². The van der Waals surface area contributed by atoms with Crippen LogP contribution in [0.3, 0.4) is 0 Å². The average molecular weight is 443 g/mol. The molecule has 6 nitrogen and oxygen atoms in total. The minimum absolute atomic E-state index is 0.000565. The summed E-state index contributed by atoms with van der Waals surface area (Å²) in [5, 5.41) is 3.71. The van der Waals surface area contributed by atoms with Crippen LogP contribution in [-0.2, 0) is 4.74 Å². The number of carbonyl (C=O) groups is 1. The number of halogens is 1. The Labute approximate surface area is 187 Å². The Hall–Kier alpha value is -2.44. The molecule has 4 aliphatic heterocycles. The Balaban J connectivity index is 1.31. The van der Waals surface area contributed by atoms with Gasteiger partial charge in [-0.25, -0.2) is 4.79 Å². The van der Waals surface area contributed by atoms with E-state index in [0.717, 1.165) is 60.7 Å². The normalized spacial score (nSPS) is 26.5. The number of nitrogens with one attached hydrogen (secondary N) is 1. The maximum absolute atomic E-state index is 12.6. The van der Waals surface area contributed by atoms with Crippen LogP contribution in [0, 0.1) is 5.92 Å². The van der Waals surface area contributed by atoms with Crippen LogP contribution in [0.5, 0.6) is 11.5 Å². The zero-order valence-corrected chi connectivity index (χ0v) is 18.4. The Morgan fingerprint density at radius 2 is 2.00 bits per heavy atom. The van der Waals surface area contributed by atoms with E-state index in [1.165, 1.54) is 0 Å². The molecule has 3 fully saturated rings. The van der Waals surface area contributed by atoms with Crippen molar-refractivity contribution < 1.29 is 19.0 Å². The van der Waals surface area contributed by atoms with Crippen LogP contribution in [0.25, 0.3) is 11.1 Å². The molecule has 4 aliphatic rings. The monoisotopic (exact) mass is 442 g/mol. The molecule has 0 saturated carbocycles. The van der Waals surface area contributed by atoms with Crippen molar-refractivity contribution in [1.82, 2.24) is 10.2 Å². The fraction of sp³-hybridized carbons (Fsp3) is 0.458. The van der Waals surface area contributed by atoms with E-state index in [1.807, 2.05) is 36.4 Å². The summed E-state index contributed by atoms with van der Waals surface area (Å²) < 4.78 is 17.1. The molecule has 1 N–H and O–H groups in total. The number of amides is 1. The molecule has 4 heterocycles. The first kappa shape index (κ1) is 20.5. The van der Waals surface area contributed by atoms with Crippen LogP contribution in [0.2, 0.25) is 5.02 Å². The van der Waals surface area contributed by atoms with Crippen molar-refractivity contribution in [3.63, 3.8) is 0 Å². The predicted octanol–water partition coefficient (Wildman–Crippen LogP) is 4.66. The number of ether oxygens (including phenoxy) is 3. The summed E-state index contributed by atoms with van der Waals surface area (Å²) in [7, 11) is 1.63. The Morgan fingerprint density at radius 3 is 2.74 bits per heavy atom. The van der Waals surface area contributed by atoms with Crippen LogP contribution in [0.15, 0.2) is 36.4 Å². The van der Waals surface area contributed by atoms with Gasteiger partial charge in [0.15, 0.2) is 0 Å². The molecule has 1 unspecified atom stereocenters. The van der Waals surface area contributed by atoms with Crippen molar-refractivity contribution in [2.45, 2.75) is 31.4 Å². The van der Waals surface area contributed by atoms with Gasteiger partial charge in [-0.3, -0.25) is 4.90 Å². The van der Waals surface area contributed by atoms with Crippen LogP contribution in [0.1, 0.15) is 30.9 Å². The molecule has 2 aromatic rings. The van der Waals surface area contributed by atoms with E-state index in [4.69, 9.17) is 25.8 Å². The molecular weight excluding hydrogens is 416 g/mol. The van der Waals surface area contributed by atoms with Gasteiger partial charge in [-0.1, -0.05) is 23.7 Å². The van der Waals surface area contributed by atoms with E-state index < -0.39 is 0 Å². The highest BCUT2D eigenvalue weighted by molar-refractivity contribution is 6.33. The fourth-order valence-corrected chi connectivity index (χ4v) is 5.14. The standard InChI is InChI=1S/C24H27ClN2O4/c1-29-17-3-5-20(25)19(13-17)16-2-4-18-21(8-11-30-22(18)12-16)26-24(28)31-23-14-27-9-6-15(23)7-10-27/h2-5,12-13,15,21,23H,6-11,14H2,1H3,(H,26,28)/t21?,23-/m1/s1. The molecule has 6 rings (SSSR count). The topological polar surface area (TPSA) is 60.0 Å². The lowest BCUT2D eigenvalue weighted by atomic mass is 9.86. The largest absolute Gasteiger partial charge is 0.497 e. The third-order valence-corrected chi connectivity index (χ3v) is 7.01. The molecule has 31 heavy (non-hydrogen) atoms. The van der Waals surface area contributed by atoms with Crippen LogP contribution >= 0.6 is 11.6 Å². The van der Waals surface area contributed by atoms with E-state index in [9.17, 15) is 4.79 Å². The first-order chi connectivity index (χ1) is 15.1. The predicted molar refractivity (Wildman–Crippen MR) is 119 cm³/mol. The Bertz CT molecular complexity index is 974. The third kappa shape index (κ3) is 4.19. The molecular formula is C24H27ClN2O4. The van der Waals surface area contributed by atoms with Crippen molar-refractivity contribution in [2.24, 2.45) is 5.92 Å². The van der Waals surface area contributed by atoms with E-state index in [0.29, 0.717) is 24.0 Å². The molecule has 0 spiro atoms. The van der Waals surface area contributed by atoms with Gasteiger partial charge in [-0.2, -0.15) is 0 Å². The number of benzene rings is 2. The SMILES string of the molecule is COc1ccc(Cl)c(-c2ccc3c(c2)OCCC3NC(=O)O[C@@H]2CN3CCC2CC3)c1. The van der Waals surface area contributed by atoms with Crippen LogP contribution in [-0.4, -0.2) is 50.4 Å². The summed E-state index contributed by atoms with van der Waals surface area (Å²) in [6, 6.07) is 11.4. The first-order valence-electron chi connectivity index (χ1n) is 10.9. The minimum Gasteiger partial charge on any atom is -0.497 e. The summed E-state index contributed by atoms with van der Waals surface area (Å²) in [4.78, 5) is 15.0. The van der Waals surface area contributed by atoms with Crippen molar-refractivity contribution in [3.8, 4) is 22.6 Å². The second-order valence-corrected chi connectivity index (χ2v) is 8.92. The highest BCUT2D eigenvalue weighted by atomic mass is 35.5. The van der Waals surface area contributed by atoms with E-state index in [2.05, 4.69) is 10.2 Å². The number of methoxy groups -OCH3 is 1. The van der Waals surface area contributed by atoms with Gasteiger partial charge >= 0.3 is 6.09 Å². The second kappa shape index (κ2) is 8.60. The fourth-order valence-electron chi connectivity index (χ4n) is 4.92. The van der Waals surface area contributed by atoms with E-state index in [1.54, 1.807) is 7.11 Å². The summed E-state index contributed by atoms with van der Waals surface area (Å²) in [6.45, 7) is 3.64. The number of hydrogen-bond donors (Lipinski definition) is 1. The van der Waals surface area contributed by atoms with Crippen molar-refractivity contribution in [3.05, 3.63) is 47.0 Å². The number of hydrogen-bond acceptors (Lipinski definition) is 5. The molecule has 0 aromatic heterocycles. The van der Waals surface area contributed by atoms with Gasteiger partial charge < -0.3 is 19.5 Å². The smallest absolute Gasteiger partial charge is 0.407 e. The van der Waals surface area contributed by atoms with Crippen molar-refractivity contribution in [2.75, 3.05) is 33.4 Å². The van der Waals surface area contributed by atoms with E-state index >= 15 is 0 Å². The van der Waals surface area contributed by atoms with Gasteiger partial charge in [0.25, 0.3) is 0 Å². The van der Waals surface area contributed by atoms with E-state index in [-0.39, 0.29) is 18.2 Å². The number of nitrogens with zero attached hydrogens (tertiary/aromatic N) is 1. The lowest BCUT2D eigenvalue weighted by Crippen LogP contribution is -2.52. The number of piperidine rings is 3. The third-order valence-electron chi connectivity index (χ3n) is 6.68. The molecule has 2 atom stereocenters. The average Bonchev–Trinajstić information content (AvgIpc) is 2.80. The van der Waals surface area contributed by atoms with Gasteiger partial charge in [0.2, 0.25) is 0 Å². The zero-order chi connectivity index (χ0) is 21.4. The second-order valence-electron chi connectivity index (χ2n) is 8.51. The lowest BCUT2D eigenvalue weighted by Gasteiger charge is -2.44. The van der Waals surface area contributed by atoms with Gasteiger partial charge in [-0.15, -0.1) is 0 Å². The lowest BCUT2D eigenvalue weighted by molar-refractivity contribution is -0.0342. The van der Waals surface area contributed by atoms with Gasteiger partial charge in [-0.05, 0) is 61.7 Å². The highest BCUT2D eigenvalue weighted by Gasteiger charge is 2.37. The quantitative estimate of drug-likeness (QED) is 0.746. The number of fused-ring (bicyclic) bond motifs is 4. The summed E-state index contributed by atoms with van der Waals surface area (Å²) in [5.74, 6) is 2.00. The van der Waals surface area contributed by atoms with Crippen molar-refractivity contribution >= 4 is 17.7 Å². The molecule has 3 saturated heterocycles. The minimum atomic E-state index is -0.337. The molecule has 0 aliphatic carbocycles. The summed E-state index contributed by atoms with van der Waals surface area (Å²) >= 11 is 6.41. The molecule has 7 heteroatoms. The Morgan fingerprint density at radius 1 is 1.16 bits per heavy atom. The van der Waals surface area contributed by atoms with Gasteiger partial charge in [0, 0.05) is 29.1 Å². The molecule has 164 valence electrons. The van der Waals surface area contributed by atoms with Gasteiger partial charge in [0.05, 0.1) is 19.8 Å². The van der Waals surface area contributed by atoms with Crippen LogP contribution in [0.4, 0.5) is 4.79 Å². The zero-order valence-electron chi connectivity index (χ0n) is 17.6. The Kier molecular flexibility index (Phi) is 5.67. The molecule has 2 bridgehead atoms. The highest BCUT2D eigenvalue weighted by Crippen LogP contribution is 2.39. The molecule has 0 radical (unpaired) electrons. The van der Waals surface area contributed by atoms with Crippen LogP contribution < -0.4 is 14.8 Å². The molecule has 1 amide bonds. The number of rotatable bonds is 4. The van der Waals surface area contributed by atoms with Gasteiger partial charge in [0.1, 0.15) is 17.6 Å². The summed E-state index contributed by atoms with van der Waals surface area (Å²) in [5.41, 5.74) is 2.78. The number of alkyl carbamates (subject to hydrolysis) is 1.